The topological polar surface area (TPSA) is 32.3 Å². The lowest BCUT2D eigenvalue weighted by Crippen LogP contribution is -2.55. The smallest absolute Gasteiger partial charge is 0.0615 e. The van der Waals surface area contributed by atoms with Crippen molar-refractivity contribution in [2.24, 2.45) is 5.92 Å². The molecule has 1 saturated heterocycles. The summed E-state index contributed by atoms with van der Waals surface area (Å²) in [5.74, 6) is 0.535. The Morgan fingerprint density at radius 1 is 1.45 bits per heavy atom. The Morgan fingerprint density at radius 3 is 2.45 bits per heavy atom. The number of nitrogens with one attached hydrogen (secondary N) is 1. The third-order valence-corrected chi connectivity index (χ3v) is 2.91. The molecule has 0 radical (unpaired) electrons. The van der Waals surface area contributed by atoms with Gasteiger partial charge >= 0.3 is 0 Å². The number of hydrogen-bond acceptors (Lipinski definition) is 2. The van der Waals surface area contributed by atoms with E-state index < -0.39 is 0 Å². The third kappa shape index (κ3) is 1.74. The van der Waals surface area contributed by atoms with Gasteiger partial charge in [0.1, 0.15) is 0 Å². The van der Waals surface area contributed by atoms with Crippen molar-refractivity contribution in [3.63, 3.8) is 0 Å². The summed E-state index contributed by atoms with van der Waals surface area (Å²) in [5, 5.41) is 12.7. The van der Waals surface area contributed by atoms with Gasteiger partial charge in [-0.25, -0.2) is 0 Å². The molecule has 0 aromatic rings. The molecular weight excluding hydrogens is 138 g/mol. The van der Waals surface area contributed by atoms with Gasteiger partial charge < -0.3 is 10.4 Å². The van der Waals surface area contributed by atoms with Crippen LogP contribution in [0.3, 0.4) is 0 Å². The molecule has 0 aliphatic carbocycles. The second-order valence-electron chi connectivity index (χ2n) is 3.85. The predicted molar refractivity (Wildman–Crippen MR) is 46.5 cm³/mol. The van der Waals surface area contributed by atoms with E-state index in [1.54, 1.807) is 0 Å². The summed E-state index contributed by atoms with van der Waals surface area (Å²) in [5.41, 5.74) is 0.0260. The van der Waals surface area contributed by atoms with Gasteiger partial charge in [-0.15, -0.1) is 0 Å². The van der Waals surface area contributed by atoms with Gasteiger partial charge in [0.05, 0.1) is 6.61 Å². The summed E-state index contributed by atoms with van der Waals surface area (Å²) < 4.78 is 0. The Hall–Kier alpha value is -0.0800. The number of hydrogen-bond donors (Lipinski definition) is 2. The highest BCUT2D eigenvalue weighted by atomic mass is 16.3. The van der Waals surface area contributed by atoms with Crippen molar-refractivity contribution in [3.05, 3.63) is 0 Å². The van der Waals surface area contributed by atoms with Gasteiger partial charge in [0.15, 0.2) is 0 Å². The molecule has 1 aliphatic rings. The van der Waals surface area contributed by atoms with Crippen molar-refractivity contribution >= 4 is 0 Å². The SMILES string of the molecule is CC(C)C1(CO)CCCCN1. The van der Waals surface area contributed by atoms with Crippen LogP contribution < -0.4 is 5.32 Å². The largest absolute Gasteiger partial charge is 0.394 e. The molecule has 1 aliphatic heterocycles. The highest BCUT2D eigenvalue weighted by Crippen LogP contribution is 2.26. The second-order valence-corrected chi connectivity index (χ2v) is 3.85. The molecule has 0 bridgehead atoms. The number of piperidine rings is 1. The Bertz CT molecular complexity index is 117. The highest BCUT2D eigenvalue weighted by molar-refractivity contribution is 4.92. The minimum absolute atomic E-state index is 0.0260. The molecule has 0 spiro atoms. The lowest BCUT2D eigenvalue weighted by Gasteiger charge is -2.40. The molecule has 0 aromatic carbocycles. The van der Waals surface area contributed by atoms with Crippen molar-refractivity contribution in [1.29, 1.82) is 0 Å². The van der Waals surface area contributed by atoms with Crippen LogP contribution in [-0.2, 0) is 0 Å². The fraction of sp³-hybridized carbons (Fsp3) is 1.00. The summed E-state index contributed by atoms with van der Waals surface area (Å²) in [6.07, 6.45) is 3.64. The van der Waals surface area contributed by atoms with Crippen LogP contribution in [0.4, 0.5) is 0 Å². The first-order valence-electron chi connectivity index (χ1n) is 4.57. The Labute approximate surface area is 69.0 Å². The van der Waals surface area contributed by atoms with E-state index in [4.69, 9.17) is 0 Å². The minimum atomic E-state index is 0.0260. The Morgan fingerprint density at radius 2 is 2.18 bits per heavy atom. The van der Waals surface area contributed by atoms with Gasteiger partial charge in [-0.3, -0.25) is 0 Å². The minimum Gasteiger partial charge on any atom is -0.394 e. The van der Waals surface area contributed by atoms with Crippen molar-refractivity contribution < 1.29 is 5.11 Å². The predicted octanol–water partition coefficient (Wildman–Crippen LogP) is 1.15. The zero-order chi connectivity index (χ0) is 8.32. The van der Waals surface area contributed by atoms with Gasteiger partial charge in [0, 0.05) is 5.54 Å². The average Bonchev–Trinajstić information content (AvgIpc) is 2.05. The molecule has 66 valence electrons. The first-order valence-corrected chi connectivity index (χ1v) is 4.57. The van der Waals surface area contributed by atoms with Crippen LogP contribution in [0.1, 0.15) is 33.1 Å². The number of rotatable bonds is 2. The molecule has 1 atom stereocenters. The van der Waals surface area contributed by atoms with Crippen molar-refractivity contribution in [2.75, 3.05) is 13.2 Å². The van der Waals surface area contributed by atoms with E-state index in [1.165, 1.54) is 12.8 Å². The average molecular weight is 157 g/mol. The number of aliphatic hydroxyl groups is 1. The first-order chi connectivity index (χ1) is 5.21. The van der Waals surface area contributed by atoms with Gasteiger partial charge in [-0.1, -0.05) is 20.3 Å². The lowest BCUT2D eigenvalue weighted by atomic mass is 9.80. The van der Waals surface area contributed by atoms with Crippen LogP contribution in [0.5, 0.6) is 0 Å². The van der Waals surface area contributed by atoms with Crippen LogP contribution in [0, 0.1) is 5.92 Å². The summed E-state index contributed by atoms with van der Waals surface area (Å²) >= 11 is 0. The van der Waals surface area contributed by atoms with E-state index >= 15 is 0 Å². The van der Waals surface area contributed by atoms with Crippen LogP contribution in [0.25, 0.3) is 0 Å². The van der Waals surface area contributed by atoms with E-state index in [0.29, 0.717) is 5.92 Å². The zero-order valence-electron chi connectivity index (χ0n) is 7.56. The number of aliphatic hydroxyl groups excluding tert-OH is 1. The van der Waals surface area contributed by atoms with E-state index in [0.717, 1.165) is 13.0 Å². The van der Waals surface area contributed by atoms with Crippen LogP contribution >= 0.6 is 0 Å². The molecule has 11 heavy (non-hydrogen) atoms. The molecule has 2 N–H and O–H groups in total. The maximum Gasteiger partial charge on any atom is 0.0615 e. The van der Waals surface area contributed by atoms with Crippen molar-refractivity contribution in [3.8, 4) is 0 Å². The molecule has 0 amide bonds. The first kappa shape index (κ1) is 9.01. The highest BCUT2D eigenvalue weighted by Gasteiger charge is 2.33. The maximum absolute atomic E-state index is 9.25. The second kappa shape index (κ2) is 3.55. The zero-order valence-corrected chi connectivity index (χ0v) is 7.56. The molecule has 0 aromatic heterocycles. The van der Waals surface area contributed by atoms with Crippen molar-refractivity contribution in [2.45, 2.75) is 38.6 Å². The van der Waals surface area contributed by atoms with Gasteiger partial charge in [0.2, 0.25) is 0 Å². The fourth-order valence-electron chi connectivity index (χ4n) is 1.80. The van der Waals surface area contributed by atoms with Gasteiger partial charge in [-0.2, -0.15) is 0 Å². The van der Waals surface area contributed by atoms with Crippen molar-refractivity contribution in [1.82, 2.24) is 5.32 Å². The molecule has 1 rings (SSSR count). The summed E-state index contributed by atoms with van der Waals surface area (Å²) in [7, 11) is 0. The molecule has 2 nitrogen and oxygen atoms in total. The van der Waals surface area contributed by atoms with E-state index in [2.05, 4.69) is 19.2 Å². The Kier molecular flexibility index (Phi) is 2.90. The Balaban J connectivity index is 2.57. The summed E-state index contributed by atoms with van der Waals surface area (Å²) in [6.45, 7) is 5.70. The standard InChI is InChI=1S/C9H19NO/c1-8(2)9(7-11)5-3-4-6-10-9/h8,10-11H,3-7H2,1-2H3. The third-order valence-electron chi connectivity index (χ3n) is 2.91. The molecule has 1 unspecified atom stereocenters. The fourth-order valence-corrected chi connectivity index (χ4v) is 1.80. The molecule has 0 saturated carbocycles. The molecule has 1 fully saturated rings. The van der Waals surface area contributed by atoms with E-state index in [-0.39, 0.29) is 12.1 Å². The van der Waals surface area contributed by atoms with Crippen LogP contribution in [0.15, 0.2) is 0 Å². The lowest BCUT2D eigenvalue weighted by molar-refractivity contribution is 0.0911. The molecular formula is C9H19NO. The van der Waals surface area contributed by atoms with E-state index in [1.807, 2.05) is 0 Å². The normalized spacial score (nSPS) is 32.7. The van der Waals surface area contributed by atoms with E-state index in [9.17, 15) is 5.11 Å². The monoisotopic (exact) mass is 157 g/mol. The van der Waals surface area contributed by atoms with Gasteiger partial charge in [0.25, 0.3) is 0 Å². The quantitative estimate of drug-likeness (QED) is 0.630. The van der Waals surface area contributed by atoms with Crippen LogP contribution in [-0.4, -0.2) is 23.8 Å². The molecule has 2 heteroatoms. The van der Waals surface area contributed by atoms with Crippen LogP contribution in [0.2, 0.25) is 0 Å². The van der Waals surface area contributed by atoms with Gasteiger partial charge in [-0.05, 0) is 25.3 Å². The summed E-state index contributed by atoms with van der Waals surface area (Å²) in [6, 6.07) is 0. The maximum atomic E-state index is 9.25. The summed E-state index contributed by atoms with van der Waals surface area (Å²) in [4.78, 5) is 0. The molecule has 1 heterocycles.